The predicted molar refractivity (Wildman–Crippen MR) is 133 cm³/mol. The van der Waals surface area contributed by atoms with Gasteiger partial charge in [0, 0.05) is 12.5 Å². The molecule has 2 aromatic carbocycles. The van der Waals surface area contributed by atoms with Crippen LogP contribution in [-0.4, -0.2) is 42.3 Å². The van der Waals surface area contributed by atoms with Gasteiger partial charge in [-0.05, 0) is 53.4 Å². The van der Waals surface area contributed by atoms with Gasteiger partial charge in [0.05, 0.1) is 5.92 Å². The Kier molecular flexibility index (Phi) is 7.73. The Labute approximate surface area is 206 Å². The first-order valence-electron chi connectivity index (χ1n) is 12.5. The number of hydrogen-bond acceptors (Lipinski definition) is 4. The Morgan fingerprint density at radius 2 is 1.60 bits per heavy atom. The summed E-state index contributed by atoms with van der Waals surface area (Å²) in [4.78, 5) is 37.2. The smallest absolute Gasteiger partial charge is 0.407 e. The molecule has 0 aromatic heterocycles. The Morgan fingerprint density at radius 3 is 2.11 bits per heavy atom. The topological polar surface area (TPSA) is 105 Å². The number of hydrogen-bond donors (Lipinski definition) is 3. The SMILES string of the molecule is CC(C)CC(CNC(=O)OCC1c2ccccc2-c2ccccc21)C(=O)NC(C(=O)O)C1CCC1. The van der Waals surface area contributed by atoms with Crippen molar-refractivity contribution in [2.45, 2.75) is 51.5 Å². The van der Waals surface area contributed by atoms with Crippen LogP contribution in [0, 0.1) is 17.8 Å². The van der Waals surface area contributed by atoms with Gasteiger partial charge in [-0.2, -0.15) is 0 Å². The van der Waals surface area contributed by atoms with Crippen LogP contribution in [0.15, 0.2) is 48.5 Å². The summed E-state index contributed by atoms with van der Waals surface area (Å²) in [5, 5.41) is 15.0. The Bertz CT molecular complexity index is 1030. The van der Waals surface area contributed by atoms with Gasteiger partial charge in [0.25, 0.3) is 0 Å². The molecule has 7 heteroatoms. The minimum atomic E-state index is -1.00. The summed E-state index contributed by atoms with van der Waals surface area (Å²) in [6.07, 6.45) is 2.56. The summed E-state index contributed by atoms with van der Waals surface area (Å²) in [6.45, 7) is 4.28. The maximum Gasteiger partial charge on any atom is 0.407 e. The van der Waals surface area contributed by atoms with Gasteiger partial charge in [-0.25, -0.2) is 9.59 Å². The van der Waals surface area contributed by atoms with E-state index in [9.17, 15) is 19.5 Å². The zero-order chi connectivity index (χ0) is 24.9. The fourth-order valence-electron chi connectivity index (χ4n) is 5.13. The molecule has 2 aliphatic rings. The largest absolute Gasteiger partial charge is 0.480 e. The van der Waals surface area contributed by atoms with Crippen LogP contribution in [0.2, 0.25) is 0 Å². The van der Waals surface area contributed by atoms with Crippen molar-refractivity contribution in [3.05, 3.63) is 59.7 Å². The third-order valence-electron chi connectivity index (χ3n) is 7.15. The van der Waals surface area contributed by atoms with Gasteiger partial charge < -0.3 is 20.5 Å². The zero-order valence-corrected chi connectivity index (χ0v) is 20.3. The molecule has 0 spiro atoms. The molecule has 35 heavy (non-hydrogen) atoms. The summed E-state index contributed by atoms with van der Waals surface area (Å²) in [6, 6.07) is 15.4. The lowest BCUT2D eigenvalue weighted by Crippen LogP contribution is -2.51. The van der Waals surface area contributed by atoms with Crippen LogP contribution in [0.1, 0.15) is 56.6 Å². The van der Waals surface area contributed by atoms with E-state index < -0.39 is 24.0 Å². The molecule has 2 amide bonds. The normalized spacial score (nSPS) is 16.5. The van der Waals surface area contributed by atoms with Crippen LogP contribution < -0.4 is 10.6 Å². The lowest BCUT2D eigenvalue weighted by atomic mass is 9.79. The third kappa shape index (κ3) is 5.66. The summed E-state index contributed by atoms with van der Waals surface area (Å²) in [5.41, 5.74) is 4.58. The highest BCUT2D eigenvalue weighted by Gasteiger charge is 2.35. The predicted octanol–water partition coefficient (Wildman–Crippen LogP) is 4.56. The average molecular weight is 479 g/mol. The van der Waals surface area contributed by atoms with E-state index in [1.807, 2.05) is 38.1 Å². The molecule has 7 nitrogen and oxygen atoms in total. The van der Waals surface area contributed by atoms with E-state index >= 15 is 0 Å². The third-order valence-corrected chi connectivity index (χ3v) is 7.15. The molecule has 4 rings (SSSR count). The molecule has 0 radical (unpaired) electrons. The molecule has 2 atom stereocenters. The number of carbonyl (C=O) groups excluding carboxylic acids is 2. The Hall–Kier alpha value is -3.35. The maximum atomic E-state index is 12.9. The first-order valence-corrected chi connectivity index (χ1v) is 12.5. The quantitative estimate of drug-likeness (QED) is 0.464. The van der Waals surface area contributed by atoms with Crippen LogP contribution >= 0.6 is 0 Å². The number of fused-ring (bicyclic) bond motifs is 3. The van der Waals surface area contributed by atoms with Crippen molar-refractivity contribution < 1.29 is 24.2 Å². The van der Waals surface area contributed by atoms with E-state index in [0.29, 0.717) is 6.42 Å². The number of carbonyl (C=O) groups is 3. The highest BCUT2D eigenvalue weighted by molar-refractivity contribution is 5.86. The standard InChI is InChI=1S/C28H34N2O5/c1-17(2)14-19(26(31)30-25(27(32)33)18-8-7-9-18)15-29-28(34)35-16-24-22-12-5-3-10-20(22)21-11-4-6-13-23(21)24/h3-6,10-13,17-19,24-25H,7-9,14-16H2,1-2H3,(H,29,34)(H,30,31)(H,32,33). The van der Waals surface area contributed by atoms with Gasteiger partial charge >= 0.3 is 12.1 Å². The molecule has 3 N–H and O–H groups in total. The number of ether oxygens (including phenoxy) is 1. The maximum absolute atomic E-state index is 12.9. The first kappa shape index (κ1) is 24.8. The molecule has 2 aromatic rings. The summed E-state index contributed by atoms with van der Waals surface area (Å²) >= 11 is 0. The molecule has 2 aliphatic carbocycles. The van der Waals surface area contributed by atoms with E-state index in [0.717, 1.165) is 41.5 Å². The van der Waals surface area contributed by atoms with Crippen molar-refractivity contribution in [1.82, 2.24) is 10.6 Å². The Morgan fingerprint density at radius 1 is 1.00 bits per heavy atom. The van der Waals surface area contributed by atoms with Gasteiger partial charge in [0.2, 0.25) is 5.91 Å². The van der Waals surface area contributed by atoms with E-state index in [2.05, 4.69) is 34.9 Å². The van der Waals surface area contributed by atoms with Gasteiger partial charge in [0.15, 0.2) is 0 Å². The number of aliphatic carboxylic acids is 1. The lowest BCUT2D eigenvalue weighted by Gasteiger charge is -2.32. The molecule has 1 fully saturated rings. The van der Waals surface area contributed by atoms with Crippen molar-refractivity contribution in [2.24, 2.45) is 17.8 Å². The summed E-state index contributed by atoms with van der Waals surface area (Å²) in [7, 11) is 0. The highest BCUT2D eigenvalue weighted by atomic mass is 16.5. The van der Waals surface area contributed by atoms with E-state index in [1.54, 1.807) is 0 Å². The molecule has 0 heterocycles. The average Bonchev–Trinajstić information content (AvgIpc) is 3.12. The molecule has 0 saturated heterocycles. The van der Waals surface area contributed by atoms with Crippen molar-refractivity contribution in [3.8, 4) is 11.1 Å². The zero-order valence-electron chi connectivity index (χ0n) is 20.3. The highest BCUT2D eigenvalue weighted by Crippen LogP contribution is 2.44. The number of nitrogens with one attached hydrogen (secondary N) is 2. The number of alkyl carbamates (subject to hydrolysis) is 1. The molecule has 0 aliphatic heterocycles. The van der Waals surface area contributed by atoms with Crippen molar-refractivity contribution in [2.75, 3.05) is 13.2 Å². The minimum absolute atomic E-state index is 0.0220. The number of carboxylic acid groups (broad SMARTS) is 1. The Balaban J connectivity index is 1.34. The van der Waals surface area contributed by atoms with Crippen LogP contribution in [0.25, 0.3) is 11.1 Å². The van der Waals surface area contributed by atoms with Gasteiger partial charge in [-0.15, -0.1) is 0 Å². The monoisotopic (exact) mass is 478 g/mol. The summed E-state index contributed by atoms with van der Waals surface area (Å²) < 4.78 is 5.58. The fourth-order valence-corrected chi connectivity index (χ4v) is 5.13. The minimum Gasteiger partial charge on any atom is -0.480 e. The van der Waals surface area contributed by atoms with Crippen molar-refractivity contribution in [1.29, 1.82) is 0 Å². The van der Waals surface area contributed by atoms with E-state index in [4.69, 9.17) is 4.74 Å². The molecule has 2 unspecified atom stereocenters. The van der Waals surface area contributed by atoms with E-state index in [-0.39, 0.29) is 36.8 Å². The molecular formula is C28H34N2O5. The van der Waals surface area contributed by atoms with Crippen LogP contribution in [0.5, 0.6) is 0 Å². The van der Waals surface area contributed by atoms with Crippen molar-refractivity contribution in [3.63, 3.8) is 0 Å². The number of amides is 2. The van der Waals surface area contributed by atoms with Crippen LogP contribution in [0.3, 0.4) is 0 Å². The summed E-state index contributed by atoms with van der Waals surface area (Å²) in [5.74, 6) is -1.72. The molecule has 0 bridgehead atoms. The number of carboxylic acids is 1. The second-order valence-electron chi connectivity index (χ2n) is 10.0. The second-order valence-corrected chi connectivity index (χ2v) is 10.0. The van der Waals surface area contributed by atoms with Gasteiger partial charge in [-0.3, -0.25) is 4.79 Å². The van der Waals surface area contributed by atoms with Crippen LogP contribution in [-0.2, 0) is 14.3 Å². The molecular weight excluding hydrogens is 444 g/mol. The van der Waals surface area contributed by atoms with Crippen molar-refractivity contribution >= 4 is 18.0 Å². The van der Waals surface area contributed by atoms with Crippen LogP contribution in [0.4, 0.5) is 4.79 Å². The molecule has 1 saturated carbocycles. The fraction of sp³-hybridized carbons (Fsp3) is 0.464. The lowest BCUT2D eigenvalue weighted by molar-refractivity contribution is -0.145. The number of benzene rings is 2. The van der Waals surface area contributed by atoms with Gasteiger partial charge in [-0.1, -0.05) is 68.8 Å². The van der Waals surface area contributed by atoms with Gasteiger partial charge in [0.1, 0.15) is 12.6 Å². The van der Waals surface area contributed by atoms with E-state index in [1.165, 1.54) is 0 Å². The number of rotatable bonds is 10. The second kappa shape index (κ2) is 10.9. The molecule has 186 valence electrons. The first-order chi connectivity index (χ1) is 16.8.